The van der Waals surface area contributed by atoms with E-state index in [1.54, 1.807) is 12.1 Å². The minimum Gasteiger partial charge on any atom is -0.292 e. The summed E-state index contributed by atoms with van der Waals surface area (Å²) < 4.78 is 49.4. The van der Waals surface area contributed by atoms with Gasteiger partial charge in [0.2, 0.25) is 5.78 Å². The highest BCUT2D eigenvalue weighted by atomic mass is 19.3. The average Bonchev–Trinajstić information content (AvgIpc) is 2.29. The first-order valence-electron chi connectivity index (χ1n) is 5.53. The minimum atomic E-state index is -4.57. The quantitative estimate of drug-likeness (QED) is 0.737. The highest BCUT2D eigenvalue weighted by molar-refractivity contribution is 5.88. The average molecular weight is 262 g/mol. The summed E-state index contributed by atoms with van der Waals surface area (Å²) in [4.78, 5) is 11.1. The molecule has 0 aliphatic carbocycles. The topological polar surface area (TPSA) is 17.1 Å². The zero-order valence-corrected chi connectivity index (χ0v) is 10.1. The van der Waals surface area contributed by atoms with Gasteiger partial charge in [-0.05, 0) is 17.0 Å². The van der Waals surface area contributed by atoms with E-state index in [1.807, 2.05) is 13.8 Å². The first kappa shape index (κ1) is 14.7. The molecule has 0 saturated heterocycles. The Morgan fingerprint density at radius 2 is 1.67 bits per heavy atom. The molecule has 0 aliphatic rings. The molecule has 0 unspecified atom stereocenters. The fourth-order valence-electron chi connectivity index (χ4n) is 1.45. The van der Waals surface area contributed by atoms with Crippen LogP contribution in [-0.4, -0.2) is 18.1 Å². The lowest BCUT2D eigenvalue weighted by Gasteiger charge is -2.14. The number of hydrogen-bond acceptors (Lipinski definition) is 1. The normalized spacial score (nSPS) is 12.2. The summed E-state index contributed by atoms with van der Waals surface area (Å²) in [5.74, 6) is -6.05. The summed E-state index contributed by atoms with van der Waals surface area (Å²) in [7, 11) is 0. The minimum absolute atomic E-state index is 0.275. The standard InChI is InChI=1S/C13H14F4O/c1-8(2)10-5-3-9(4-6-10)7-11(18)13(16,17)12(14)15/h3-6,8,12H,7H2,1-2H3. The molecular weight excluding hydrogens is 248 g/mol. The maximum Gasteiger partial charge on any atom is 0.364 e. The number of ketones is 1. The Kier molecular flexibility index (Phi) is 4.48. The summed E-state index contributed by atoms with van der Waals surface area (Å²) in [5.41, 5.74) is 1.30. The lowest BCUT2D eigenvalue weighted by Crippen LogP contribution is -2.37. The molecule has 0 amide bonds. The molecule has 1 aromatic rings. The first-order chi connectivity index (χ1) is 8.25. The number of carbonyl (C=O) groups is 1. The van der Waals surface area contributed by atoms with Crippen molar-refractivity contribution in [2.75, 3.05) is 0 Å². The number of Topliss-reactive ketones (excluding diaryl/α,β-unsaturated/α-hetero) is 1. The van der Waals surface area contributed by atoms with E-state index in [0.29, 0.717) is 5.56 Å². The highest BCUT2D eigenvalue weighted by Crippen LogP contribution is 2.25. The molecule has 0 spiro atoms. The van der Waals surface area contributed by atoms with Crippen molar-refractivity contribution in [3.63, 3.8) is 0 Å². The molecule has 0 radical (unpaired) electrons. The van der Waals surface area contributed by atoms with Crippen molar-refractivity contribution >= 4 is 5.78 Å². The van der Waals surface area contributed by atoms with Crippen molar-refractivity contribution < 1.29 is 22.4 Å². The number of hydrogen-bond donors (Lipinski definition) is 0. The van der Waals surface area contributed by atoms with Gasteiger partial charge in [0.05, 0.1) is 0 Å². The molecule has 0 bridgehead atoms. The largest absolute Gasteiger partial charge is 0.364 e. The number of alkyl halides is 4. The predicted octanol–water partition coefficient (Wildman–Crippen LogP) is 3.82. The van der Waals surface area contributed by atoms with Crippen molar-refractivity contribution in [3.8, 4) is 0 Å². The zero-order valence-electron chi connectivity index (χ0n) is 10.1. The van der Waals surface area contributed by atoms with Crippen LogP contribution in [0.2, 0.25) is 0 Å². The second-order valence-corrected chi connectivity index (χ2v) is 4.42. The Labute approximate surface area is 103 Å². The number of rotatable bonds is 5. The van der Waals surface area contributed by atoms with Gasteiger partial charge < -0.3 is 0 Å². The van der Waals surface area contributed by atoms with Crippen LogP contribution >= 0.6 is 0 Å². The molecule has 1 rings (SSSR count). The van der Waals surface area contributed by atoms with Gasteiger partial charge in [-0.25, -0.2) is 8.78 Å². The molecule has 1 nitrogen and oxygen atoms in total. The van der Waals surface area contributed by atoms with E-state index in [9.17, 15) is 22.4 Å². The van der Waals surface area contributed by atoms with Gasteiger partial charge in [-0.3, -0.25) is 4.79 Å². The van der Waals surface area contributed by atoms with Crippen molar-refractivity contribution in [2.45, 2.75) is 38.5 Å². The van der Waals surface area contributed by atoms with Crippen molar-refractivity contribution in [2.24, 2.45) is 0 Å². The number of halogens is 4. The monoisotopic (exact) mass is 262 g/mol. The third-order valence-corrected chi connectivity index (χ3v) is 2.66. The molecule has 0 fully saturated rings. The molecule has 18 heavy (non-hydrogen) atoms. The van der Waals surface area contributed by atoms with Crippen LogP contribution in [0.15, 0.2) is 24.3 Å². The predicted molar refractivity (Wildman–Crippen MR) is 60.2 cm³/mol. The van der Waals surface area contributed by atoms with Gasteiger partial charge in [0.1, 0.15) is 0 Å². The molecule has 100 valence electrons. The van der Waals surface area contributed by atoms with Gasteiger partial charge in [-0.2, -0.15) is 8.78 Å². The lowest BCUT2D eigenvalue weighted by molar-refractivity contribution is -0.166. The maximum atomic E-state index is 12.7. The summed E-state index contributed by atoms with van der Waals surface area (Å²) in [5, 5.41) is 0. The van der Waals surface area contributed by atoms with Crippen LogP contribution in [0.25, 0.3) is 0 Å². The molecule has 0 aromatic heterocycles. The van der Waals surface area contributed by atoms with Gasteiger partial charge in [-0.15, -0.1) is 0 Å². The highest BCUT2D eigenvalue weighted by Gasteiger charge is 2.47. The Morgan fingerprint density at radius 3 is 2.06 bits per heavy atom. The van der Waals surface area contributed by atoms with Crippen LogP contribution in [-0.2, 0) is 11.2 Å². The second-order valence-electron chi connectivity index (χ2n) is 4.42. The van der Waals surface area contributed by atoms with Crippen LogP contribution in [0.5, 0.6) is 0 Å². The Hall–Kier alpha value is -1.39. The Balaban J connectivity index is 2.77. The SMILES string of the molecule is CC(C)c1ccc(CC(=O)C(F)(F)C(F)F)cc1. The van der Waals surface area contributed by atoms with E-state index in [4.69, 9.17) is 0 Å². The van der Waals surface area contributed by atoms with E-state index in [0.717, 1.165) is 5.56 Å². The summed E-state index contributed by atoms with van der Waals surface area (Å²) >= 11 is 0. The molecular formula is C13H14F4O. The van der Waals surface area contributed by atoms with E-state index < -0.39 is 24.6 Å². The van der Waals surface area contributed by atoms with E-state index in [1.165, 1.54) is 12.1 Å². The van der Waals surface area contributed by atoms with Crippen LogP contribution < -0.4 is 0 Å². The summed E-state index contributed by atoms with van der Waals surface area (Å²) in [6.07, 6.45) is -4.64. The molecule has 0 saturated carbocycles. The van der Waals surface area contributed by atoms with Gasteiger partial charge in [0, 0.05) is 6.42 Å². The van der Waals surface area contributed by atoms with Gasteiger partial charge >= 0.3 is 12.3 Å². The molecule has 0 heterocycles. The van der Waals surface area contributed by atoms with Crippen molar-refractivity contribution in [3.05, 3.63) is 35.4 Å². The molecule has 0 N–H and O–H groups in total. The maximum absolute atomic E-state index is 12.7. The van der Waals surface area contributed by atoms with Crippen molar-refractivity contribution in [1.82, 2.24) is 0 Å². The number of benzene rings is 1. The Bertz CT molecular complexity index is 410. The van der Waals surface area contributed by atoms with Gasteiger partial charge in [-0.1, -0.05) is 38.1 Å². The fraction of sp³-hybridized carbons (Fsp3) is 0.462. The molecule has 5 heteroatoms. The van der Waals surface area contributed by atoms with Crippen LogP contribution in [0.1, 0.15) is 30.9 Å². The second kappa shape index (κ2) is 5.50. The molecule has 0 atom stereocenters. The van der Waals surface area contributed by atoms with Crippen LogP contribution in [0, 0.1) is 0 Å². The molecule has 0 aliphatic heterocycles. The van der Waals surface area contributed by atoms with Crippen molar-refractivity contribution in [1.29, 1.82) is 0 Å². The van der Waals surface area contributed by atoms with E-state index in [2.05, 4.69) is 0 Å². The van der Waals surface area contributed by atoms with Crippen LogP contribution in [0.4, 0.5) is 17.6 Å². The summed E-state index contributed by atoms with van der Waals surface area (Å²) in [6.45, 7) is 3.93. The van der Waals surface area contributed by atoms with E-state index in [-0.39, 0.29) is 5.92 Å². The third-order valence-electron chi connectivity index (χ3n) is 2.66. The fourth-order valence-corrected chi connectivity index (χ4v) is 1.45. The smallest absolute Gasteiger partial charge is 0.292 e. The molecule has 1 aromatic carbocycles. The van der Waals surface area contributed by atoms with Gasteiger partial charge in [0.25, 0.3) is 0 Å². The Morgan fingerprint density at radius 1 is 1.17 bits per heavy atom. The third kappa shape index (κ3) is 3.31. The van der Waals surface area contributed by atoms with E-state index >= 15 is 0 Å². The van der Waals surface area contributed by atoms with Crippen LogP contribution in [0.3, 0.4) is 0 Å². The number of carbonyl (C=O) groups excluding carboxylic acids is 1. The zero-order chi connectivity index (χ0) is 13.9. The first-order valence-corrected chi connectivity index (χ1v) is 5.53. The van der Waals surface area contributed by atoms with Gasteiger partial charge in [0.15, 0.2) is 0 Å². The summed E-state index contributed by atoms with van der Waals surface area (Å²) in [6, 6.07) is 6.42. The lowest BCUT2D eigenvalue weighted by atomic mass is 9.99.